The average Bonchev–Trinajstić information content (AvgIpc) is 2.84. The second kappa shape index (κ2) is 6.53. The number of benzene rings is 1. The van der Waals surface area contributed by atoms with Crippen LogP contribution < -0.4 is 5.32 Å². The molecule has 0 radical (unpaired) electrons. The molecular weight excluding hydrogens is 241 g/mol. The summed E-state index contributed by atoms with van der Waals surface area (Å²) in [6.45, 7) is 4.97. The zero-order valence-electron chi connectivity index (χ0n) is 11.4. The Morgan fingerprint density at radius 2 is 2.16 bits per heavy atom. The van der Waals surface area contributed by atoms with E-state index in [1.54, 1.807) is 12.3 Å². The minimum Gasteiger partial charge on any atom is -0.469 e. The van der Waals surface area contributed by atoms with Gasteiger partial charge in [-0.15, -0.1) is 0 Å². The van der Waals surface area contributed by atoms with Gasteiger partial charge in [0, 0.05) is 12.5 Å². The van der Waals surface area contributed by atoms with E-state index in [4.69, 9.17) is 4.42 Å². The molecule has 0 aliphatic heterocycles. The van der Waals surface area contributed by atoms with Gasteiger partial charge in [-0.05, 0) is 62.2 Å². The Hall–Kier alpha value is -1.61. The molecule has 1 unspecified atom stereocenters. The van der Waals surface area contributed by atoms with E-state index in [-0.39, 0.29) is 5.82 Å². The van der Waals surface area contributed by atoms with Crippen molar-refractivity contribution >= 4 is 0 Å². The lowest BCUT2D eigenvalue weighted by molar-refractivity contribution is 0.458. The van der Waals surface area contributed by atoms with Gasteiger partial charge in [0.1, 0.15) is 11.6 Å². The zero-order valence-corrected chi connectivity index (χ0v) is 11.4. The summed E-state index contributed by atoms with van der Waals surface area (Å²) < 4.78 is 18.3. The molecule has 3 heteroatoms. The molecule has 1 N–H and O–H groups in total. The van der Waals surface area contributed by atoms with Crippen LogP contribution in [-0.2, 0) is 12.8 Å². The van der Waals surface area contributed by atoms with Crippen molar-refractivity contribution in [1.82, 2.24) is 5.32 Å². The van der Waals surface area contributed by atoms with Crippen LogP contribution in [0, 0.1) is 12.7 Å². The highest BCUT2D eigenvalue weighted by molar-refractivity contribution is 5.26. The third kappa shape index (κ3) is 4.21. The van der Waals surface area contributed by atoms with Crippen molar-refractivity contribution in [3.05, 3.63) is 59.3 Å². The molecule has 19 heavy (non-hydrogen) atoms. The highest BCUT2D eigenvalue weighted by Gasteiger charge is 2.05. The van der Waals surface area contributed by atoms with Crippen molar-refractivity contribution in [3.8, 4) is 0 Å². The van der Waals surface area contributed by atoms with Gasteiger partial charge in [-0.3, -0.25) is 0 Å². The van der Waals surface area contributed by atoms with Crippen LogP contribution in [0.2, 0.25) is 0 Å². The van der Waals surface area contributed by atoms with Gasteiger partial charge in [0.05, 0.1) is 6.26 Å². The molecule has 1 aromatic heterocycles. The molecule has 102 valence electrons. The number of halogens is 1. The molecule has 0 saturated heterocycles. The zero-order chi connectivity index (χ0) is 13.7. The van der Waals surface area contributed by atoms with E-state index in [1.807, 2.05) is 25.1 Å². The first-order chi connectivity index (χ1) is 9.15. The van der Waals surface area contributed by atoms with E-state index in [2.05, 4.69) is 12.2 Å². The van der Waals surface area contributed by atoms with Crippen molar-refractivity contribution in [2.24, 2.45) is 0 Å². The lowest BCUT2D eigenvalue weighted by Crippen LogP contribution is -2.29. The molecule has 2 nitrogen and oxygen atoms in total. The summed E-state index contributed by atoms with van der Waals surface area (Å²) in [5.74, 6) is 0.832. The molecule has 0 aliphatic carbocycles. The Balaban J connectivity index is 1.76. The van der Waals surface area contributed by atoms with Crippen molar-refractivity contribution < 1.29 is 8.81 Å². The van der Waals surface area contributed by atoms with Crippen LogP contribution in [0.5, 0.6) is 0 Å². The number of aryl methyl sites for hydroxylation is 1. The van der Waals surface area contributed by atoms with E-state index >= 15 is 0 Å². The topological polar surface area (TPSA) is 25.2 Å². The summed E-state index contributed by atoms with van der Waals surface area (Å²) in [7, 11) is 0. The van der Waals surface area contributed by atoms with Gasteiger partial charge in [-0.1, -0.05) is 6.07 Å². The predicted octanol–water partition coefficient (Wildman–Crippen LogP) is 3.49. The minimum absolute atomic E-state index is 0.166. The maximum Gasteiger partial charge on any atom is 0.123 e. The van der Waals surface area contributed by atoms with Crippen molar-refractivity contribution in [2.45, 2.75) is 32.7 Å². The summed E-state index contributed by atoms with van der Waals surface area (Å²) in [5.41, 5.74) is 2.21. The molecule has 0 fully saturated rings. The van der Waals surface area contributed by atoms with Crippen molar-refractivity contribution in [2.75, 3.05) is 6.54 Å². The normalized spacial score (nSPS) is 12.6. The number of nitrogens with one attached hydrogen (secondary N) is 1. The smallest absolute Gasteiger partial charge is 0.123 e. The highest BCUT2D eigenvalue weighted by Crippen LogP contribution is 2.10. The Morgan fingerprint density at radius 3 is 2.84 bits per heavy atom. The van der Waals surface area contributed by atoms with Crippen LogP contribution in [0.1, 0.15) is 23.8 Å². The quantitative estimate of drug-likeness (QED) is 0.861. The SMILES string of the molecule is Cc1cc(F)ccc1CCNC(C)Cc1ccco1. The van der Waals surface area contributed by atoms with Crippen LogP contribution in [0.25, 0.3) is 0 Å². The fourth-order valence-electron chi connectivity index (χ4n) is 2.20. The molecule has 0 spiro atoms. The first kappa shape index (κ1) is 13.8. The summed E-state index contributed by atoms with van der Waals surface area (Å²) >= 11 is 0. The number of furan rings is 1. The summed E-state index contributed by atoms with van der Waals surface area (Å²) in [4.78, 5) is 0. The second-order valence-corrected chi connectivity index (χ2v) is 4.96. The first-order valence-electron chi connectivity index (χ1n) is 6.66. The fourth-order valence-corrected chi connectivity index (χ4v) is 2.20. The van der Waals surface area contributed by atoms with Gasteiger partial charge >= 0.3 is 0 Å². The van der Waals surface area contributed by atoms with Gasteiger partial charge in [0.25, 0.3) is 0 Å². The monoisotopic (exact) mass is 261 g/mol. The van der Waals surface area contributed by atoms with Gasteiger partial charge in [-0.25, -0.2) is 4.39 Å². The molecule has 1 atom stereocenters. The molecule has 1 heterocycles. The Morgan fingerprint density at radius 1 is 1.32 bits per heavy atom. The Kier molecular flexibility index (Phi) is 4.74. The maximum atomic E-state index is 13.0. The molecule has 0 saturated carbocycles. The van der Waals surface area contributed by atoms with E-state index in [0.717, 1.165) is 30.7 Å². The van der Waals surface area contributed by atoms with E-state index in [1.165, 1.54) is 11.6 Å². The van der Waals surface area contributed by atoms with E-state index < -0.39 is 0 Å². The van der Waals surface area contributed by atoms with Crippen LogP contribution in [0.4, 0.5) is 4.39 Å². The predicted molar refractivity (Wildman–Crippen MR) is 74.7 cm³/mol. The van der Waals surface area contributed by atoms with Crippen molar-refractivity contribution in [3.63, 3.8) is 0 Å². The van der Waals surface area contributed by atoms with Crippen molar-refractivity contribution in [1.29, 1.82) is 0 Å². The highest BCUT2D eigenvalue weighted by atomic mass is 19.1. The molecular formula is C16H20FNO. The summed E-state index contributed by atoms with van der Waals surface area (Å²) in [6.07, 6.45) is 3.49. The third-order valence-electron chi connectivity index (χ3n) is 3.28. The average molecular weight is 261 g/mol. The lowest BCUT2D eigenvalue weighted by atomic mass is 10.1. The largest absolute Gasteiger partial charge is 0.469 e. The molecule has 0 bridgehead atoms. The number of hydrogen-bond donors (Lipinski definition) is 1. The minimum atomic E-state index is -0.166. The van der Waals surface area contributed by atoms with Gasteiger partial charge in [0.15, 0.2) is 0 Å². The maximum absolute atomic E-state index is 13.0. The number of rotatable bonds is 6. The fraction of sp³-hybridized carbons (Fsp3) is 0.375. The van der Waals surface area contributed by atoms with Crippen LogP contribution in [-0.4, -0.2) is 12.6 Å². The Bertz CT molecular complexity index is 507. The van der Waals surface area contributed by atoms with Crippen LogP contribution >= 0.6 is 0 Å². The molecule has 0 aliphatic rings. The first-order valence-corrected chi connectivity index (χ1v) is 6.66. The number of hydrogen-bond acceptors (Lipinski definition) is 2. The van der Waals surface area contributed by atoms with Gasteiger partial charge in [-0.2, -0.15) is 0 Å². The van der Waals surface area contributed by atoms with Gasteiger partial charge in [0.2, 0.25) is 0 Å². The van der Waals surface area contributed by atoms with Crippen LogP contribution in [0.3, 0.4) is 0 Å². The summed E-state index contributed by atoms with van der Waals surface area (Å²) in [6, 6.07) is 9.23. The van der Waals surface area contributed by atoms with Gasteiger partial charge < -0.3 is 9.73 Å². The second-order valence-electron chi connectivity index (χ2n) is 4.96. The Labute approximate surface area is 113 Å². The molecule has 2 rings (SSSR count). The van der Waals surface area contributed by atoms with Crippen LogP contribution in [0.15, 0.2) is 41.0 Å². The molecule has 2 aromatic rings. The molecule has 1 aromatic carbocycles. The lowest BCUT2D eigenvalue weighted by Gasteiger charge is -2.13. The molecule has 0 amide bonds. The standard InChI is InChI=1S/C16H20FNO/c1-12-10-15(17)6-5-14(12)7-8-18-13(2)11-16-4-3-9-19-16/h3-6,9-10,13,18H,7-8,11H2,1-2H3. The third-order valence-corrected chi connectivity index (χ3v) is 3.28. The van der Waals surface area contributed by atoms with E-state index in [9.17, 15) is 4.39 Å². The van der Waals surface area contributed by atoms with E-state index in [0.29, 0.717) is 6.04 Å². The summed E-state index contributed by atoms with van der Waals surface area (Å²) in [5, 5.41) is 3.46.